The number of hydrogen-bond donors (Lipinski definition) is 1. The molecule has 1 fully saturated rings. The number of carbonyl (C=O) groups is 1. The van der Waals surface area contributed by atoms with Gasteiger partial charge < -0.3 is 19.5 Å². The van der Waals surface area contributed by atoms with Crippen molar-refractivity contribution >= 4 is 21.4 Å². The molecule has 1 saturated heterocycles. The summed E-state index contributed by atoms with van der Waals surface area (Å²) < 4.78 is 56.8. The Morgan fingerprint density at radius 2 is 2.02 bits per heavy atom. The predicted molar refractivity (Wildman–Crippen MR) is 157 cm³/mol. The fourth-order valence-corrected chi connectivity index (χ4v) is 7.50. The summed E-state index contributed by atoms with van der Waals surface area (Å²) in [6.45, 7) is 6.24. The highest BCUT2D eigenvalue weighted by molar-refractivity contribution is 7.89. The number of sulfonamides is 1. The number of aliphatic hydroxyl groups is 1. The number of amides is 1. The molecule has 1 amide bonds. The smallest absolute Gasteiger partial charge is 0.246 e. The van der Waals surface area contributed by atoms with E-state index in [-0.39, 0.29) is 25.5 Å². The van der Waals surface area contributed by atoms with Crippen LogP contribution in [0.15, 0.2) is 49.4 Å². The van der Waals surface area contributed by atoms with Gasteiger partial charge in [-0.15, -0.1) is 0 Å². The second kappa shape index (κ2) is 11.6. The van der Waals surface area contributed by atoms with E-state index in [2.05, 4.69) is 16.7 Å². The van der Waals surface area contributed by atoms with Gasteiger partial charge >= 0.3 is 0 Å². The van der Waals surface area contributed by atoms with Gasteiger partial charge in [0.2, 0.25) is 15.9 Å². The number of carbonyl (C=O) groups excluding carboxylic acids is 1. The number of likely N-dealkylation sites (tertiary alicyclic amines) is 1. The van der Waals surface area contributed by atoms with Crippen LogP contribution in [0.5, 0.6) is 11.5 Å². The summed E-state index contributed by atoms with van der Waals surface area (Å²) in [6, 6.07) is 4.48. The quantitative estimate of drug-likeness (QED) is 0.275. The summed E-state index contributed by atoms with van der Waals surface area (Å²) >= 11 is 0. The summed E-state index contributed by atoms with van der Waals surface area (Å²) in [6.07, 6.45) is 5.18. The summed E-state index contributed by atoms with van der Waals surface area (Å²) in [5.74, 6) is 0.0383. The summed E-state index contributed by atoms with van der Waals surface area (Å²) in [4.78, 5) is 17.3. The number of nitrogens with zero attached hydrogens (tertiary/aromatic N) is 7. The van der Waals surface area contributed by atoms with Crippen LogP contribution in [0, 0.1) is 12.7 Å². The molecule has 0 aliphatic carbocycles. The first kappa shape index (κ1) is 29.7. The minimum atomic E-state index is -3.59. The van der Waals surface area contributed by atoms with Gasteiger partial charge in [0.25, 0.3) is 0 Å². The van der Waals surface area contributed by atoms with Crippen molar-refractivity contribution in [1.82, 2.24) is 33.6 Å². The Bertz CT molecular complexity index is 1830. The minimum absolute atomic E-state index is 0.164. The Labute approximate surface area is 253 Å². The number of ether oxygens (including phenoxy) is 2. The summed E-state index contributed by atoms with van der Waals surface area (Å²) in [7, 11) is -2.07. The maximum absolute atomic E-state index is 13.5. The van der Waals surface area contributed by atoms with Crippen molar-refractivity contribution in [1.29, 1.82) is 0 Å². The van der Waals surface area contributed by atoms with Crippen LogP contribution in [0.4, 0.5) is 4.39 Å². The van der Waals surface area contributed by atoms with Gasteiger partial charge in [-0.2, -0.15) is 14.5 Å². The SMILES string of the molecule is C=CC(=O)N1CC(S(=O)(=O)N2CCc3c(C)c(-c4cc(O[C@H](CO)c5ccc(F)cn5)c5c(OC)cnn5c4)nn3CC2)C1. The van der Waals surface area contributed by atoms with E-state index in [1.165, 1.54) is 34.5 Å². The van der Waals surface area contributed by atoms with Crippen molar-refractivity contribution < 1.29 is 32.2 Å². The van der Waals surface area contributed by atoms with Crippen LogP contribution in [0.3, 0.4) is 0 Å². The zero-order chi connectivity index (χ0) is 31.2. The van der Waals surface area contributed by atoms with Gasteiger partial charge in [0.1, 0.15) is 11.1 Å². The Balaban J connectivity index is 1.28. The molecule has 0 radical (unpaired) electrons. The average Bonchev–Trinajstić information content (AvgIpc) is 3.47. The third-order valence-electron chi connectivity index (χ3n) is 8.15. The molecular weight excluding hydrogens is 593 g/mol. The summed E-state index contributed by atoms with van der Waals surface area (Å²) in [5, 5.41) is 18.8. The van der Waals surface area contributed by atoms with E-state index in [1.807, 2.05) is 11.6 Å². The highest BCUT2D eigenvalue weighted by atomic mass is 32.2. The lowest BCUT2D eigenvalue weighted by atomic mass is 10.1. The molecule has 2 aliphatic heterocycles. The van der Waals surface area contributed by atoms with Gasteiger partial charge in [-0.25, -0.2) is 17.3 Å². The lowest BCUT2D eigenvalue weighted by Gasteiger charge is -2.40. The van der Waals surface area contributed by atoms with Crippen LogP contribution in [-0.4, -0.2) is 98.2 Å². The normalized spacial score (nSPS) is 16.7. The number of aromatic nitrogens is 5. The van der Waals surface area contributed by atoms with E-state index in [4.69, 9.17) is 14.6 Å². The lowest BCUT2D eigenvalue weighted by Crippen LogP contribution is -2.59. The Morgan fingerprint density at radius 1 is 1.23 bits per heavy atom. The van der Waals surface area contributed by atoms with Crippen molar-refractivity contribution in [3.63, 3.8) is 0 Å². The molecule has 6 heterocycles. The molecule has 13 nitrogen and oxygen atoms in total. The van der Waals surface area contributed by atoms with E-state index in [0.717, 1.165) is 17.5 Å². The first-order valence-corrected chi connectivity index (χ1v) is 15.6. The maximum atomic E-state index is 13.5. The molecule has 1 atom stereocenters. The number of methoxy groups -OCH3 is 1. The van der Waals surface area contributed by atoms with Crippen LogP contribution in [0.1, 0.15) is 23.1 Å². The molecule has 0 bridgehead atoms. The molecule has 6 rings (SSSR count). The Hall–Kier alpha value is -4.34. The topological polar surface area (TPSA) is 144 Å². The average molecular weight is 626 g/mol. The highest BCUT2D eigenvalue weighted by Crippen LogP contribution is 2.37. The molecule has 44 heavy (non-hydrogen) atoms. The lowest BCUT2D eigenvalue weighted by molar-refractivity contribution is -0.129. The van der Waals surface area contributed by atoms with E-state index < -0.39 is 33.8 Å². The third kappa shape index (κ3) is 5.20. The number of rotatable bonds is 9. The third-order valence-corrected chi connectivity index (χ3v) is 10.4. The van der Waals surface area contributed by atoms with Gasteiger partial charge in [0.15, 0.2) is 23.1 Å². The molecule has 15 heteroatoms. The van der Waals surface area contributed by atoms with Crippen molar-refractivity contribution in [2.24, 2.45) is 0 Å². The first-order valence-electron chi connectivity index (χ1n) is 14.1. The van der Waals surface area contributed by atoms with Crippen molar-refractivity contribution in [3.8, 4) is 22.8 Å². The monoisotopic (exact) mass is 625 g/mol. The van der Waals surface area contributed by atoms with E-state index in [0.29, 0.717) is 53.5 Å². The maximum Gasteiger partial charge on any atom is 0.246 e. The fourth-order valence-electron chi connectivity index (χ4n) is 5.66. The number of hydrogen-bond acceptors (Lipinski definition) is 9. The zero-order valence-corrected chi connectivity index (χ0v) is 25.1. The minimum Gasteiger partial charge on any atom is -0.493 e. The van der Waals surface area contributed by atoms with Gasteiger partial charge in [0, 0.05) is 50.1 Å². The van der Waals surface area contributed by atoms with Gasteiger partial charge in [0.05, 0.1) is 44.0 Å². The molecule has 0 aromatic carbocycles. The predicted octanol–water partition coefficient (Wildman–Crippen LogP) is 1.75. The van der Waals surface area contributed by atoms with E-state index >= 15 is 0 Å². The highest BCUT2D eigenvalue weighted by Gasteiger charge is 2.42. The summed E-state index contributed by atoms with van der Waals surface area (Å²) in [5.41, 5.74) is 4.04. The van der Waals surface area contributed by atoms with Gasteiger partial charge in [-0.1, -0.05) is 6.58 Å². The number of halogens is 1. The number of aliphatic hydroxyl groups excluding tert-OH is 1. The standard InChI is InChI=1S/C29H32FN7O6S/c1-4-27(39)34-15-21(16-34)44(40,41)35-8-7-23-18(2)28(33-36(23)10-9-35)19-11-24(29-25(42-3)13-32-37(29)14-19)43-26(17-38)22-6-5-20(30)12-31-22/h4-6,11-14,21,26,38H,1,7-10,15-17H2,2-3H3/t26-/m1/s1. The van der Waals surface area contributed by atoms with Crippen LogP contribution in [-0.2, 0) is 27.8 Å². The Kier molecular flexibility index (Phi) is 7.86. The molecule has 1 N–H and O–H groups in total. The van der Waals surface area contributed by atoms with Crippen LogP contribution >= 0.6 is 0 Å². The van der Waals surface area contributed by atoms with Crippen molar-refractivity contribution in [2.45, 2.75) is 31.2 Å². The van der Waals surface area contributed by atoms with Crippen LogP contribution < -0.4 is 9.47 Å². The number of pyridine rings is 2. The van der Waals surface area contributed by atoms with E-state index in [9.17, 15) is 22.7 Å². The fraction of sp³-hybridized carbons (Fsp3) is 0.379. The van der Waals surface area contributed by atoms with Crippen molar-refractivity contribution in [2.75, 3.05) is 39.9 Å². The second-order valence-electron chi connectivity index (χ2n) is 10.7. The molecule has 0 saturated carbocycles. The van der Waals surface area contributed by atoms with Gasteiger partial charge in [-0.3, -0.25) is 14.5 Å². The molecule has 0 spiro atoms. The molecule has 4 aromatic rings. The molecule has 232 valence electrons. The first-order chi connectivity index (χ1) is 21.1. The Morgan fingerprint density at radius 3 is 2.70 bits per heavy atom. The van der Waals surface area contributed by atoms with Gasteiger partial charge in [-0.05, 0) is 36.8 Å². The largest absolute Gasteiger partial charge is 0.493 e. The molecule has 0 unspecified atom stereocenters. The second-order valence-corrected chi connectivity index (χ2v) is 12.9. The number of fused-ring (bicyclic) bond motifs is 2. The zero-order valence-electron chi connectivity index (χ0n) is 24.3. The van der Waals surface area contributed by atoms with E-state index in [1.54, 1.807) is 23.0 Å². The molecular formula is C29H32FN7O6S. The van der Waals surface area contributed by atoms with Crippen LogP contribution in [0.2, 0.25) is 0 Å². The van der Waals surface area contributed by atoms with Crippen molar-refractivity contribution in [3.05, 3.63) is 72.2 Å². The molecule has 2 aliphatic rings. The van der Waals surface area contributed by atoms with Crippen LogP contribution in [0.25, 0.3) is 16.8 Å². The molecule has 4 aromatic heterocycles.